The van der Waals surface area contributed by atoms with Gasteiger partial charge in [0.2, 0.25) is 10.0 Å². The van der Waals surface area contributed by atoms with Crippen LogP contribution >= 0.6 is 0 Å². The molecule has 1 aromatic rings. The highest BCUT2D eigenvalue weighted by Crippen LogP contribution is 2.33. The van der Waals surface area contributed by atoms with Gasteiger partial charge in [0.15, 0.2) is 0 Å². The minimum absolute atomic E-state index is 0.0496. The smallest absolute Gasteiger partial charge is 0.212 e. The second-order valence-electron chi connectivity index (χ2n) is 5.61. The van der Waals surface area contributed by atoms with Gasteiger partial charge >= 0.3 is 0 Å². The molecule has 4 nitrogen and oxygen atoms in total. The molecule has 0 bridgehead atoms. The van der Waals surface area contributed by atoms with E-state index in [0.717, 1.165) is 24.8 Å². The van der Waals surface area contributed by atoms with Gasteiger partial charge in [-0.25, -0.2) is 8.42 Å². The summed E-state index contributed by atoms with van der Waals surface area (Å²) in [5.41, 5.74) is 2.25. The lowest BCUT2D eigenvalue weighted by Gasteiger charge is -2.35. The fraction of sp³-hybridized carbons (Fsp3) is 0.562. The molecule has 1 aliphatic rings. The molecule has 1 heterocycles. The third kappa shape index (κ3) is 4.05. The van der Waals surface area contributed by atoms with Crippen molar-refractivity contribution in [2.75, 3.05) is 12.3 Å². The fourth-order valence-corrected chi connectivity index (χ4v) is 4.58. The Bertz CT molecular complexity index is 602. The molecule has 5 heteroatoms. The quantitative estimate of drug-likeness (QED) is 0.785. The molecule has 0 aromatic heterocycles. The second kappa shape index (κ2) is 7.06. The Morgan fingerprint density at radius 3 is 2.67 bits per heavy atom. The average molecular weight is 306 g/mol. The van der Waals surface area contributed by atoms with E-state index in [0.29, 0.717) is 19.4 Å². The summed E-state index contributed by atoms with van der Waals surface area (Å²) in [6, 6.07) is 10.1. The Morgan fingerprint density at radius 2 is 2.00 bits per heavy atom. The minimum atomic E-state index is -3.28. The lowest BCUT2D eigenvalue weighted by Crippen LogP contribution is -2.39. The highest BCUT2D eigenvalue weighted by atomic mass is 32.2. The summed E-state index contributed by atoms with van der Waals surface area (Å²) < 4.78 is 26.7. The van der Waals surface area contributed by atoms with Crippen LogP contribution in [0, 0.1) is 18.3 Å². The van der Waals surface area contributed by atoms with Gasteiger partial charge in [-0.3, -0.25) is 0 Å². The van der Waals surface area contributed by atoms with Crippen molar-refractivity contribution in [3.05, 3.63) is 35.4 Å². The number of hydrogen-bond acceptors (Lipinski definition) is 3. The fourth-order valence-electron chi connectivity index (χ4n) is 2.81. The van der Waals surface area contributed by atoms with E-state index in [4.69, 9.17) is 5.26 Å². The minimum Gasteiger partial charge on any atom is -0.212 e. The first-order valence-electron chi connectivity index (χ1n) is 7.47. The summed E-state index contributed by atoms with van der Waals surface area (Å²) in [6.45, 7) is 2.62. The number of sulfonamides is 1. The maximum atomic E-state index is 12.5. The monoisotopic (exact) mass is 306 g/mol. The summed E-state index contributed by atoms with van der Waals surface area (Å²) in [5, 5.41) is 8.57. The SMILES string of the molecule is Cc1ccc(C2CCCCN2S(=O)(=O)CCCC#N)cc1. The Kier molecular flexibility index (Phi) is 5.38. The van der Waals surface area contributed by atoms with Gasteiger partial charge < -0.3 is 0 Å². The van der Waals surface area contributed by atoms with Gasteiger partial charge in [-0.1, -0.05) is 36.2 Å². The van der Waals surface area contributed by atoms with Crippen molar-refractivity contribution >= 4 is 10.0 Å². The number of piperidine rings is 1. The summed E-state index contributed by atoms with van der Waals surface area (Å²) in [4.78, 5) is 0. The Morgan fingerprint density at radius 1 is 1.29 bits per heavy atom. The van der Waals surface area contributed by atoms with E-state index in [1.54, 1.807) is 4.31 Å². The van der Waals surface area contributed by atoms with Crippen molar-refractivity contribution in [3.63, 3.8) is 0 Å². The number of aryl methyl sites for hydroxylation is 1. The van der Waals surface area contributed by atoms with Crippen LogP contribution in [0.4, 0.5) is 0 Å². The van der Waals surface area contributed by atoms with E-state index in [-0.39, 0.29) is 11.8 Å². The van der Waals surface area contributed by atoms with Crippen molar-refractivity contribution in [1.82, 2.24) is 4.31 Å². The number of unbranched alkanes of at least 4 members (excludes halogenated alkanes) is 1. The van der Waals surface area contributed by atoms with Crippen LogP contribution in [-0.4, -0.2) is 25.0 Å². The number of hydrogen-bond donors (Lipinski definition) is 0. The third-order valence-electron chi connectivity index (χ3n) is 3.96. The molecule has 114 valence electrons. The first-order chi connectivity index (χ1) is 10.0. The Labute approximate surface area is 127 Å². The van der Waals surface area contributed by atoms with E-state index >= 15 is 0 Å². The lowest BCUT2D eigenvalue weighted by atomic mass is 9.97. The van der Waals surface area contributed by atoms with Gasteiger partial charge in [0.25, 0.3) is 0 Å². The van der Waals surface area contributed by atoms with Crippen LogP contribution in [0.25, 0.3) is 0 Å². The molecule has 0 spiro atoms. The first kappa shape index (κ1) is 16.0. The van der Waals surface area contributed by atoms with Gasteiger partial charge in [-0.2, -0.15) is 9.57 Å². The number of nitrogens with zero attached hydrogens (tertiary/aromatic N) is 2. The van der Waals surface area contributed by atoms with Crippen molar-refractivity contribution in [1.29, 1.82) is 5.26 Å². The highest BCUT2D eigenvalue weighted by Gasteiger charge is 2.32. The summed E-state index contributed by atoms with van der Waals surface area (Å²) in [7, 11) is -3.28. The highest BCUT2D eigenvalue weighted by molar-refractivity contribution is 7.89. The van der Waals surface area contributed by atoms with E-state index in [1.165, 1.54) is 5.56 Å². The molecule has 1 saturated heterocycles. The maximum absolute atomic E-state index is 12.5. The van der Waals surface area contributed by atoms with Gasteiger partial charge in [0, 0.05) is 19.0 Å². The van der Waals surface area contributed by atoms with Crippen molar-refractivity contribution in [2.45, 2.75) is 45.1 Å². The molecule has 0 aliphatic carbocycles. The number of rotatable bonds is 5. The van der Waals surface area contributed by atoms with E-state index < -0.39 is 10.0 Å². The molecule has 1 atom stereocenters. The summed E-state index contributed by atoms with van der Waals surface area (Å²) in [5.74, 6) is 0.0723. The number of benzene rings is 1. The van der Waals surface area contributed by atoms with E-state index in [9.17, 15) is 8.42 Å². The van der Waals surface area contributed by atoms with Crippen molar-refractivity contribution in [2.24, 2.45) is 0 Å². The molecular formula is C16H22N2O2S. The first-order valence-corrected chi connectivity index (χ1v) is 9.08. The Balaban J connectivity index is 2.19. The maximum Gasteiger partial charge on any atom is 0.214 e. The number of nitriles is 1. The molecule has 1 aromatic carbocycles. The molecule has 0 amide bonds. The molecule has 1 aliphatic heterocycles. The zero-order valence-corrected chi connectivity index (χ0v) is 13.3. The molecule has 2 rings (SSSR count). The van der Waals surface area contributed by atoms with Crippen LogP contribution in [0.2, 0.25) is 0 Å². The predicted octanol–water partition coefficient (Wildman–Crippen LogP) is 3.16. The van der Waals surface area contributed by atoms with Gasteiger partial charge in [0.1, 0.15) is 0 Å². The lowest BCUT2D eigenvalue weighted by molar-refractivity contribution is 0.256. The molecular weight excluding hydrogens is 284 g/mol. The molecule has 0 radical (unpaired) electrons. The molecule has 0 N–H and O–H groups in total. The van der Waals surface area contributed by atoms with E-state index in [1.807, 2.05) is 37.3 Å². The largest absolute Gasteiger partial charge is 0.214 e. The van der Waals surface area contributed by atoms with Crippen molar-refractivity contribution in [3.8, 4) is 6.07 Å². The predicted molar refractivity (Wildman–Crippen MR) is 83.1 cm³/mol. The zero-order valence-electron chi connectivity index (χ0n) is 12.5. The summed E-state index contributed by atoms with van der Waals surface area (Å²) in [6.07, 6.45) is 3.56. The molecule has 0 saturated carbocycles. The topological polar surface area (TPSA) is 61.2 Å². The molecule has 21 heavy (non-hydrogen) atoms. The normalized spacial score (nSPS) is 20.1. The standard InChI is InChI=1S/C16H22N2O2S/c1-14-7-9-15(10-8-14)16-6-2-4-12-18(16)21(19,20)13-5-3-11-17/h7-10,16H,2-6,12-13H2,1H3. The Hall–Kier alpha value is -1.38. The van der Waals surface area contributed by atoms with Crippen LogP contribution in [0.3, 0.4) is 0 Å². The van der Waals surface area contributed by atoms with Crippen LogP contribution in [0.5, 0.6) is 0 Å². The van der Waals surface area contributed by atoms with Crippen LogP contribution < -0.4 is 0 Å². The van der Waals surface area contributed by atoms with Crippen LogP contribution in [0.1, 0.15) is 49.3 Å². The second-order valence-corrected chi connectivity index (χ2v) is 7.65. The van der Waals surface area contributed by atoms with Gasteiger partial charge in [-0.05, 0) is 31.7 Å². The van der Waals surface area contributed by atoms with Gasteiger partial charge in [-0.15, -0.1) is 0 Å². The average Bonchev–Trinajstić information content (AvgIpc) is 2.48. The van der Waals surface area contributed by atoms with Crippen molar-refractivity contribution < 1.29 is 8.42 Å². The van der Waals surface area contributed by atoms with Crippen LogP contribution in [-0.2, 0) is 10.0 Å². The summed E-state index contributed by atoms with van der Waals surface area (Å²) >= 11 is 0. The third-order valence-corrected chi connectivity index (χ3v) is 5.92. The van der Waals surface area contributed by atoms with Crippen LogP contribution in [0.15, 0.2) is 24.3 Å². The zero-order chi connectivity index (χ0) is 15.3. The van der Waals surface area contributed by atoms with Gasteiger partial charge in [0.05, 0.1) is 11.8 Å². The van der Waals surface area contributed by atoms with E-state index in [2.05, 4.69) is 0 Å². The molecule has 1 fully saturated rings. The molecule has 1 unspecified atom stereocenters.